The maximum absolute atomic E-state index is 5.47. The van der Waals surface area contributed by atoms with Crippen LogP contribution in [0.15, 0.2) is 18.2 Å². The van der Waals surface area contributed by atoms with Crippen molar-refractivity contribution in [3.8, 4) is 5.75 Å². The van der Waals surface area contributed by atoms with Gasteiger partial charge in [-0.05, 0) is 37.5 Å². The number of benzene rings is 1. The first-order valence-corrected chi connectivity index (χ1v) is 5.00. The Morgan fingerprint density at radius 2 is 2.00 bits per heavy atom. The van der Waals surface area contributed by atoms with Crippen LogP contribution in [0.4, 0.5) is 0 Å². The van der Waals surface area contributed by atoms with Crippen LogP contribution in [0, 0.1) is 6.92 Å². The highest BCUT2D eigenvalue weighted by Gasteiger charge is 1.99. The SMILES string of the molecule is CCCc1ccc(OCC)c(C)c1. The molecule has 0 aliphatic rings. The van der Waals surface area contributed by atoms with Gasteiger partial charge >= 0.3 is 0 Å². The molecular formula is C12H18O. The van der Waals surface area contributed by atoms with Gasteiger partial charge in [-0.1, -0.05) is 25.5 Å². The fourth-order valence-electron chi connectivity index (χ4n) is 1.47. The smallest absolute Gasteiger partial charge is 0.122 e. The zero-order valence-electron chi connectivity index (χ0n) is 8.76. The van der Waals surface area contributed by atoms with Crippen molar-refractivity contribution >= 4 is 0 Å². The van der Waals surface area contributed by atoms with E-state index in [9.17, 15) is 0 Å². The zero-order valence-corrected chi connectivity index (χ0v) is 8.76. The van der Waals surface area contributed by atoms with Crippen molar-refractivity contribution in [1.82, 2.24) is 0 Å². The molecule has 13 heavy (non-hydrogen) atoms. The molecule has 0 heterocycles. The molecule has 0 fully saturated rings. The summed E-state index contributed by atoms with van der Waals surface area (Å²) in [4.78, 5) is 0. The van der Waals surface area contributed by atoms with Gasteiger partial charge in [-0.25, -0.2) is 0 Å². The second kappa shape index (κ2) is 4.90. The third kappa shape index (κ3) is 2.76. The molecule has 0 unspecified atom stereocenters. The van der Waals surface area contributed by atoms with E-state index in [4.69, 9.17) is 4.74 Å². The Kier molecular flexibility index (Phi) is 3.81. The fourth-order valence-corrected chi connectivity index (χ4v) is 1.47. The minimum absolute atomic E-state index is 0.744. The van der Waals surface area contributed by atoms with Crippen LogP contribution in [0.25, 0.3) is 0 Å². The minimum atomic E-state index is 0.744. The van der Waals surface area contributed by atoms with E-state index in [0.29, 0.717) is 0 Å². The Balaban J connectivity index is 2.79. The third-order valence-electron chi connectivity index (χ3n) is 2.08. The lowest BCUT2D eigenvalue weighted by Gasteiger charge is -2.08. The van der Waals surface area contributed by atoms with Crippen molar-refractivity contribution in [2.45, 2.75) is 33.6 Å². The third-order valence-corrected chi connectivity index (χ3v) is 2.08. The van der Waals surface area contributed by atoms with E-state index in [2.05, 4.69) is 32.0 Å². The Labute approximate surface area is 80.7 Å². The van der Waals surface area contributed by atoms with Crippen molar-refractivity contribution in [3.63, 3.8) is 0 Å². The Bertz CT molecular complexity index is 266. The summed E-state index contributed by atoms with van der Waals surface area (Å²) in [5, 5.41) is 0. The van der Waals surface area contributed by atoms with E-state index in [0.717, 1.165) is 18.8 Å². The largest absolute Gasteiger partial charge is 0.494 e. The highest BCUT2D eigenvalue weighted by Crippen LogP contribution is 2.19. The summed E-state index contributed by atoms with van der Waals surface area (Å²) in [6.07, 6.45) is 2.36. The van der Waals surface area contributed by atoms with Gasteiger partial charge in [0.1, 0.15) is 5.75 Å². The molecule has 1 aromatic rings. The number of rotatable bonds is 4. The lowest BCUT2D eigenvalue weighted by Crippen LogP contribution is -1.94. The summed E-state index contributed by atoms with van der Waals surface area (Å²) in [6, 6.07) is 6.44. The molecule has 0 saturated heterocycles. The first-order chi connectivity index (χ1) is 6.27. The number of ether oxygens (including phenoxy) is 1. The van der Waals surface area contributed by atoms with Crippen LogP contribution in [0.1, 0.15) is 31.4 Å². The Hall–Kier alpha value is -0.980. The Morgan fingerprint density at radius 3 is 2.54 bits per heavy atom. The normalized spacial score (nSPS) is 10.1. The van der Waals surface area contributed by atoms with Crippen LogP contribution in [0.5, 0.6) is 5.75 Å². The standard InChI is InChI=1S/C12H18O/c1-4-6-11-7-8-12(13-5-2)10(3)9-11/h7-9H,4-6H2,1-3H3. The lowest BCUT2D eigenvalue weighted by molar-refractivity contribution is 0.338. The minimum Gasteiger partial charge on any atom is -0.494 e. The van der Waals surface area contributed by atoms with Crippen LogP contribution in [0.2, 0.25) is 0 Å². The van der Waals surface area contributed by atoms with Crippen LogP contribution < -0.4 is 4.74 Å². The zero-order chi connectivity index (χ0) is 9.68. The first-order valence-electron chi connectivity index (χ1n) is 5.00. The van der Waals surface area contributed by atoms with Gasteiger partial charge in [0, 0.05) is 0 Å². The predicted molar refractivity (Wildman–Crippen MR) is 56.3 cm³/mol. The quantitative estimate of drug-likeness (QED) is 0.687. The van der Waals surface area contributed by atoms with E-state index < -0.39 is 0 Å². The molecular weight excluding hydrogens is 160 g/mol. The van der Waals surface area contributed by atoms with Gasteiger partial charge in [-0.3, -0.25) is 0 Å². The van der Waals surface area contributed by atoms with Crippen molar-refractivity contribution in [3.05, 3.63) is 29.3 Å². The first kappa shape index (κ1) is 10.1. The molecule has 0 bridgehead atoms. The lowest BCUT2D eigenvalue weighted by atomic mass is 10.1. The summed E-state index contributed by atoms with van der Waals surface area (Å²) in [7, 11) is 0. The van der Waals surface area contributed by atoms with Crippen LogP contribution >= 0.6 is 0 Å². The molecule has 1 aromatic carbocycles. The molecule has 0 amide bonds. The van der Waals surface area contributed by atoms with Gasteiger partial charge in [-0.15, -0.1) is 0 Å². The van der Waals surface area contributed by atoms with Gasteiger partial charge < -0.3 is 4.74 Å². The molecule has 0 aliphatic heterocycles. The van der Waals surface area contributed by atoms with Gasteiger partial charge in [-0.2, -0.15) is 0 Å². The van der Waals surface area contributed by atoms with E-state index in [1.54, 1.807) is 0 Å². The molecule has 0 saturated carbocycles. The highest BCUT2D eigenvalue weighted by molar-refractivity contribution is 5.36. The molecule has 1 heteroatoms. The maximum atomic E-state index is 5.47. The molecule has 1 nitrogen and oxygen atoms in total. The molecule has 0 atom stereocenters. The average molecular weight is 178 g/mol. The van der Waals surface area contributed by atoms with Gasteiger partial charge in [0.15, 0.2) is 0 Å². The topological polar surface area (TPSA) is 9.23 Å². The van der Waals surface area contributed by atoms with Crippen molar-refractivity contribution in [2.24, 2.45) is 0 Å². The molecule has 72 valence electrons. The van der Waals surface area contributed by atoms with Crippen molar-refractivity contribution < 1.29 is 4.74 Å². The predicted octanol–water partition coefficient (Wildman–Crippen LogP) is 3.35. The Morgan fingerprint density at radius 1 is 1.23 bits per heavy atom. The van der Waals surface area contributed by atoms with Crippen LogP contribution in [0.3, 0.4) is 0 Å². The summed E-state index contributed by atoms with van der Waals surface area (Å²) in [5.41, 5.74) is 2.65. The van der Waals surface area contributed by atoms with Gasteiger partial charge in [0.05, 0.1) is 6.61 Å². The molecule has 0 aromatic heterocycles. The fraction of sp³-hybridized carbons (Fsp3) is 0.500. The van der Waals surface area contributed by atoms with Crippen molar-refractivity contribution in [1.29, 1.82) is 0 Å². The van der Waals surface area contributed by atoms with E-state index >= 15 is 0 Å². The monoisotopic (exact) mass is 178 g/mol. The van der Waals surface area contributed by atoms with Crippen molar-refractivity contribution in [2.75, 3.05) is 6.61 Å². The molecule has 1 rings (SSSR count). The van der Waals surface area contributed by atoms with Gasteiger partial charge in [0.2, 0.25) is 0 Å². The summed E-state index contributed by atoms with van der Waals surface area (Å²) >= 11 is 0. The summed E-state index contributed by atoms with van der Waals surface area (Å²) in [5.74, 6) is 1.02. The van der Waals surface area contributed by atoms with E-state index in [1.807, 2.05) is 6.92 Å². The van der Waals surface area contributed by atoms with E-state index in [1.165, 1.54) is 17.5 Å². The number of hydrogen-bond donors (Lipinski definition) is 0. The van der Waals surface area contributed by atoms with Crippen LogP contribution in [-0.2, 0) is 6.42 Å². The molecule has 0 N–H and O–H groups in total. The second-order valence-electron chi connectivity index (χ2n) is 3.28. The summed E-state index contributed by atoms with van der Waals surface area (Å²) < 4.78 is 5.47. The van der Waals surface area contributed by atoms with E-state index in [-0.39, 0.29) is 0 Å². The number of aryl methyl sites for hydroxylation is 2. The molecule has 0 radical (unpaired) electrons. The number of hydrogen-bond acceptors (Lipinski definition) is 1. The van der Waals surface area contributed by atoms with Crippen LogP contribution in [-0.4, -0.2) is 6.61 Å². The van der Waals surface area contributed by atoms with Gasteiger partial charge in [0.25, 0.3) is 0 Å². The maximum Gasteiger partial charge on any atom is 0.122 e. The second-order valence-corrected chi connectivity index (χ2v) is 3.28. The summed E-state index contributed by atoms with van der Waals surface area (Å²) in [6.45, 7) is 7.06. The highest BCUT2D eigenvalue weighted by atomic mass is 16.5. The molecule has 0 spiro atoms. The average Bonchev–Trinajstić information content (AvgIpc) is 2.10. The molecule has 0 aliphatic carbocycles.